The molecule has 1 aromatic heterocycles. The van der Waals surface area contributed by atoms with E-state index in [-0.39, 0.29) is 17.6 Å². The molecule has 3 rings (SSSR count). The van der Waals surface area contributed by atoms with Crippen LogP contribution < -0.4 is 4.90 Å². The third-order valence-corrected chi connectivity index (χ3v) is 4.92. The molecule has 1 aliphatic heterocycles. The average molecular weight is 406 g/mol. The summed E-state index contributed by atoms with van der Waals surface area (Å²) in [4.78, 5) is 32.7. The number of esters is 1. The SMILES string of the molecule is COC(=O)c1cc(N2CCCC2C(=O)N(C)C)c2cc(Br)ccc2n1. The highest BCUT2D eigenvalue weighted by Gasteiger charge is 2.33. The van der Waals surface area contributed by atoms with Crippen molar-refractivity contribution in [3.63, 3.8) is 0 Å². The molecule has 0 saturated carbocycles. The molecule has 0 N–H and O–H groups in total. The number of amides is 1. The maximum absolute atomic E-state index is 12.6. The van der Waals surface area contributed by atoms with Crippen LogP contribution in [0.15, 0.2) is 28.7 Å². The first-order valence-corrected chi connectivity index (χ1v) is 8.88. The number of pyridine rings is 1. The van der Waals surface area contributed by atoms with Crippen LogP contribution in [-0.4, -0.2) is 55.6 Å². The van der Waals surface area contributed by atoms with Gasteiger partial charge in [-0.3, -0.25) is 4.79 Å². The number of carbonyl (C=O) groups excluding carboxylic acids is 2. The number of hydrogen-bond acceptors (Lipinski definition) is 5. The van der Waals surface area contributed by atoms with Gasteiger partial charge < -0.3 is 14.5 Å². The zero-order valence-corrected chi connectivity index (χ0v) is 16.0. The lowest BCUT2D eigenvalue weighted by atomic mass is 10.1. The van der Waals surface area contributed by atoms with E-state index in [4.69, 9.17) is 4.74 Å². The summed E-state index contributed by atoms with van der Waals surface area (Å²) in [5.41, 5.74) is 1.78. The van der Waals surface area contributed by atoms with Crippen molar-refractivity contribution >= 4 is 44.4 Å². The monoisotopic (exact) mass is 405 g/mol. The van der Waals surface area contributed by atoms with Crippen LogP contribution in [0.4, 0.5) is 5.69 Å². The first-order valence-electron chi connectivity index (χ1n) is 8.09. The molecule has 1 aromatic carbocycles. The van der Waals surface area contributed by atoms with Gasteiger partial charge in [0.05, 0.1) is 12.6 Å². The van der Waals surface area contributed by atoms with Crippen molar-refractivity contribution in [3.8, 4) is 0 Å². The van der Waals surface area contributed by atoms with Gasteiger partial charge in [0, 0.05) is 36.2 Å². The summed E-state index contributed by atoms with van der Waals surface area (Å²) in [7, 11) is 4.86. The number of methoxy groups -OCH3 is 1. The van der Waals surface area contributed by atoms with Crippen LogP contribution in [0.25, 0.3) is 10.9 Å². The summed E-state index contributed by atoms with van der Waals surface area (Å²) < 4.78 is 5.75. The second kappa shape index (κ2) is 7.00. The topological polar surface area (TPSA) is 62.7 Å². The highest BCUT2D eigenvalue weighted by molar-refractivity contribution is 9.10. The van der Waals surface area contributed by atoms with Gasteiger partial charge >= 0.3 is 5.97 Å². The second-order valence-corrected chi connectivity index (χ2v) is 7.18. The van der Waals surface area contributed by atoms with E-state index in [9.17, 15) is 9.59 Å². The Morgan fingerprint density at radius 3 is 2.76 bits per heavy atom. The van der Waals surface area contributed by atoms with Crippen molar-refractivity contribution in [1.82, 2.24) is 9.88 Å². The molecule has 1 atom stereocenters. The quantitative estimate of drug-likeness (QED) is 0.734. The van der Waals surface area contributed by atoms with E-state index in [1.165, 1.54) is 7.11 Å². The van der Waals surface area contributed by atoms with E-state index in [1.807, 2.05) is 18.2 Å². The number of benzene rings is 1. The van der Waals surface area contributed by atoms with Gasteiger partial charge in [0.15, 0.2) is 5.69 Å². The maximum atomic E-state index is 12.6. The van der Waals surface area contributed by atoms with E-state index in [0.717, 1.165) is 34.9 Å². The molecule has 0 aliphatic carbocycles. The molecule has 132 valence electrons. The number of fused-ring (bicyclic) bond motifs is 1. The van der Waals surface area contributed by atoms with Crippen molar-refractivity contribution in [1.29, 1.82) is 0 Å². The Kier molecular flexibility index (Phi) is 4.94. The van der Waals surface area contributed by atoms with E-state index in [0.29, 0.717) is 5.52 Å². The molecule has 1 amide bonds. The number of likely N-dealkylation sites (N-methyl/N-ethyl adjacent to an activating group) is 1. The summed E-state index contributed by atoms with van der Waals surface area (Å²) in [6, 6.07) is 7.20. The highest BCUT2D eigenvalue weighted by Crippen LogP contribution is 2.34. The number of ether oxygens (including phenoxy) is 1. The third kappa shape index (κ3) is 3.33. The summed E-state index contributed by atoms with van der Waals surface area (Å²) in [5.74, 6) is -0.419. The van der Waals surface area contributed by atoms with Gasteiger partial charge in [0.25, 0.3) is 0 Å². The Morgan fingerprint density at radius 1 is 1.32 bits per heavy atom. The predicted molar refractivity (Wildman–Crippen MR) is 99.8 cm³/mol. The van der Waals surface area contributed by atoms with Crippen molar-refractivity contribution in [2.24, 2.45) is 0 Å². The molecule has 1 saturated heterocycles. The largest absolute Gasteiger partial charge is 0.464 e. The Labute approximate surface area is 154 Å². The van der Waals surface area contributed by atoms with Crippen LogP contribution in [0.5, 0.6) is 0 Å². The molecule has 1 unspecified atom stereocenters. The fourth-order valence-electron chi connectivity index (χ4n) is 3.24. The fourth-order valence-corrected chi connectivity index (χ4v) is 3.60. The molecule has 2 heterocycles. The van der Waals surface area contributed by atoms with Crippen molar-refractivity contribution in [2.45, 2.75) is 18.9 Å². The van der Waals surface area contributed by atoms with Crippen LogP contribution in [-0.2, 0) is 9.53 Å². The average Bonchev–Trinajstić information content (AvgIpc) is 3.08. The normalized spacial score (nSPS) is 17.0. The molecule has 1 aliphatic rings. The van der Waals surface area contributed by atoms with E-state index >= 15 is 0 Å². The van der Waals surface area contributed by atoms with Gasteiger partial charge in [-0.25, -0.2) is 9.78 Å². The number of aromatic nitrogens is 1. The van der Waals surface area contributed by atoms with E-state index < -0.39 is 5.97 Å². The van der Waals surface area contributed by atoms with Crippen LogP contribution in [0.1, 0.15) is 23.3 Å². The molecule has 25 heavy (non-hydrogen) atoms. The molecule has 1 fully saturated rings. The van der Waals surface area contributed by atoms with Gasteiger partial charge in [-0.1, -0.05) is 15.9 Å². The van der Waals surface area contributed by atoms with Crippen molar-refractivity contribution in [3.05, 3.63) is 34.4 Å². The molecule has 7 heteroatoms. The minimum absolute atomic E-state index is 0.0667. The van der Waals surface area contributed by atoms with Crippen molar-refractivity contribution in [2.75, 3.05) is 32.6 Å². The number of rotatable bonds is 3. The number of carbonyl (C=O) groups is 2. The molecular weight excluding hydrogens is 386 g/mol. The Hall–Kier alpha value is -2.15. The fraction of sp³-hybridized carbons (Fsp3) is 0.389. The standard InChI is InChI=1S/C18H20BrN3O3/c1-21(2)17(23)15-5-4-8-22(15)16-10-14(18(24)25-3)20-13-7-6-11(19)9-12(13)16/h6-7,9-10,15H,4-5,8H2,1-3H3. The first kappa shape index (κ1) is 17.7. The maximum Gasteiger partial charge on any atom is 0.356 e. The summed E-state index contributed by atoms with van der Waals surface area (Å²) >= 11 is 3.49. The second-order valence-electron chi connectivity index (χ2n) is 6.26. The molecule has 0 spiro atoms. The van der Waals surface area contributed by atoms with Crippen molar-refractivity contribution < 1.29 is 14.3 Å². The van der Waals surface area contributed by atoms with Crippen LogP contribution in [0.3, 0.4) is 0 Å². The molecule has 0 bridgehead atoms. The summed E-state index contributed by atoms with van der Waals surface area (Å²) in [6.07, 6.45) is 1.72. The Balaban J connectivity index is 2.17. The van der Waals surface area contributed by atoms with Gasteiger partial charge in [-0.15, -0.1) is 0 Å². The van der Waals surface area contributed by atoms with E-state index in [2.05, 4.69) is 25.8 Å². The lowest BCUT2D eigenvalue weighted by Gasteiger charge is -2.29. The molecular formula is C18H20BrN3O3. The van der Waals surface area contributed by atoms with Crippen LogP contribution in [0, 0.1) is 0 Å². The van der Waals surface area contributed by atoms with Crippen LogP contribution >= 0.6 is 15.9 Å². The van der Waals surface area contributed by atoms with Gasteiger partial charge in [-0.2, -0.15) is 0 Å². The van der Waals surface area contributed by atoms with Gasteiger partial charge in [-0.05, 0) is 37.1 Å². The third-order valence-electron chi connectivity index (χ3n) is 4.43. The molecule has 6 nitrogen and oxygen atoms in total. The predicted octanol–water partition coefficient (Wildman–Crippen LogP) is 2.84. The Morgan fingerprint density at radius 2 is 2.08 bits per heavy atom. The smallest absolute Gasteiger partial charge is 0.356 e. The molecule has 2 aromatic rings. The van der Waals surface area contributed by atoms with E-state index in [1.54, 1.807) is 25.1 Å². The zero-order valence-electron chi connectivity index (χ0n) is 14.5. The number of anilines is 1. The number of halogens is 1. The Bertz CT molecular complexity index is 838. The first-order chi connectivity index (χ1) is 11.9. The van der Waals surface area contributed by atoms with Gasteiger partial charge in [0.1, 0.15) is 6.04 Å². The summed E-state index contributed by atoms with van der Waals surface area (Å²) in [5, 5.41) is 0.903. The van der Waals surface area contributed by atoms with Crippen LogP contribution in [0.2, 0.25) is 0 Å². The highest BCUT2D eigenvalue weighted by atomic mass is 79.9. The minimum atomic E-state index is -0.485. The summed E-state index contributed by atoms with van der Waals surface area (Å²) in [6.45, 7) is 0.760. The lowest BCUT2D eigenvalue weighted by Crippen LogP contribution is -2.43. The number of hydrogen-bond donors (Lipinski definition) is 0. The zero-order chi connectivity index (χ0) is 18.1. The lowest BCUT2D eigenvalue weighted by molar-refractivity contribution is -0.129. The molecule has 0 radical (unpaired) electrons. The minimum Gasteiger partial charge on any atom is -0.464 e. The number of nitrogens with zero attached hydrogens (tertiary/aromatic N) is 3. The van der Waals surface area contributed by atoms with Gasteiger partial charge in [0.2, 0.25) is 5.91 Å².